The Morgan fingerprint density at radius 3 is 2.81 bits per heavy atom. The molecule has 2 unspecified atom stereocenters. The highest BCUT2D eigenvalue weighted by Gasteiger charge is 2.21. The quantitative estimate of drug-likeness (QED) is 0.806. The van der Waals surface area contributed by atoms with Gasteiger partial charge in [0, 0.05) is 42.5 Å². The number of benzene rings is 1. The Balaban J connectivity index is 1.54. The second-order valence-corrected chi connectivity index (χ2v) is 8.26. The lowest BCUT2D eigenvalue weighted by molar-refractivity contribution is -0.128. The number of hydrogen-bond acceptors (Lipinski definition) is 5. The van der Waals surface area contributed by atoms with E-state index in [-0.39, 0.29) is 17.9 Å². The molecule has 1 aromatic carbocycles. The summed E-state index contributed by atoms with van der Waals surface area (Å²) in [5.41, 5.74) is 2.24. The monoisotopic (exact) mass is 392 g/mol. The molecule has 1 aromatic rings. The largest absolute Gasteiger partial charge is 0.376 e. The Kier molecular flexibility index (Phi) is 7.15. The first-order valence-corrected chi connectivity index (χ1v) is 10.7. The molecule has 2 atom stereocenters. The molecule has 2 saturated heterocycles. The van der Waals surface area contributed by atoms with Crippen molar-refractivity contribution in [3.63, 3.8) is 0 Å². The first-order chi connectivity index (χ1) is 13.0. The maximum absolute atomic E-state index is 12.6. The van der Waals surface area contributed by atoms with Gasteiger partial charge in [-0.25, -0.2) is 0 Å². The van der Waals surface area contributed by atoms with Crippen molar-refractivity contribution in [1.29, 1.82) is 0 Å². The van der Waals surface area contributed by atoms with E-state index in [2.05, 4.69) is 5.32 Å². The van der Waals surface area contributed by atoms with E-state index in [1.807, 2.05) is 29.7 Å². The average molecular weight is 393 g/mol. The van der Waals surface area contributed by atoms with E-state index in [1.54, 1.807) is 19.1 Å². The summed E-state index contributed by atoms with van der Waals surface area (Å²) in [5, 5.41) is 2.90. The first-order valence-electron chi connectivity index (χ1n) is 9.56. The van der Waals surface area contributed by atoms with Crippen LogP contribution < -0.4 is 5.32 Å². The van der Waals surface area contributed by atoms with E-state index >= 15 is 0 Å². The zero-order valence-corrected chi connectivity index (χ0v) is 16.8. The number of hydrogen-bond donors (Lipinski definition) is 1. The van der Waals surface area contributed by atoms with E-state index in [4.69, 9.17) is 9.47 Å². The van der Waals surface area contributed by atoms with Crippen LogP contribution in [-0.4, -0.2) is 66.7 Å². The predicted molar refractivity (Wildman–Crippen MR) is 107 cm³/mol. The minimum absolute atomic E-state index is 0.0598. The molecule has 0 saturated carbocycles. The van der Waals surface area contributed by atoms with Crippen LogP contribution >= 0.6 is 11.8 Å². The smallest absolute Gasteiger partial charge is 0.253 e. The van der Waals surface area contributed by atoms with Gasteiger partial charge in [-0.15, -0.1) is 0 Å². The van der Waals surface area contributed by atoms with E-state index < -0.39 is 6.10 Å². The summed E-state index contributed by atoms with van der Waals surface area (Å²) in [5.74, 6) is 1.85. The number of carbonyl (C=O) groups is 2. The van der Waals surface area contributed by atoms with Crippen LogP contribution in [0, 0.1) is 6.92 Å². The number of aryl methyl sites for hydroxylation is 1. The van der Waals surface area contributed by atoms with Crippen LogP contribution in [0.5, 0.6) is 0 Å². The standard InChI is InChI=1S/C20H28N2O4S/c1-14-12-16(20(24)22-7-10-27-11-8-22)5-6-18(14)21-19(23)15(2)26-13-17-4-3-9-25-17/h5-6,12,15,17H,3-4,7-11,13H2,1-2H3,(H,21,23). The van der Waals surface area contributed by atoms with Crippen LogP contribution in [0.15, 0.2) is 18.2 Å². The minimum Gasteiger partial charge on any atom is -0.376 e. The predicted octanol–water partition coefficient (Wildman–Crippen LogP) is 2.71. The summed E-state index contributed by atoms with van der Waals surface area (Å²) in [4.78, 5) is 26.9. The summed E-state index contributed by atoms with van der Waals surface area (Å²) >= 11 is 1.88. The maximum Gasteiger partial charge on any atom is 0.253 e. The van der Waals surface area contributed by atoms with Crippen molar-refractivity contribution in [2.24, 2.45) is 0 Å². The highest BCUT2D eigenvalue weighted by molar-refractivity contribution is 7.99. The molecular weight excluding hydrogens is 364 g/mol. The van der Waals surface area contributed by atoms with Crippen LogP contribution in [0.3, 0.4) is 0 Å². The zero-order valence-electron chi connectivity index (χ0n) is 16.0. The zero-order chi connectivity index (χ0) is 19.2. The lowest BCUT2D eigenvalue weighted by atomic mass is 10.1. The number of rotatable bonds is 6. The van der Waals surface area contributed by atoms with Crippen LogP contribution in [0.2, 0.25) is 0 Å². The van der Waals surface area contributed by atoms with Gasteiger partial charge in [0.25, 0.3) is 11.8 Å². The van der Waals surface area contributed by atoms with Gasteiger partial charge in [-0.2, -0.15) is 11.8 Å². The van der Waals surface area contributed by atoms with Crippen molar-refractivity contribution in [2.75, 3.05) is 43.1 Å². The molecule has 0 bridgehead atoms. The number of anilines is 1. The molecule has 2 fully saturated rings. The summed E-state index contributed by atoms with van der Waals surface area (Å²) < 4.78 is 11.2. The average Bonchev–Trinajstić information content (AvgIpc) is 3.21. The number of thioether (sulfide) groups is 1. The molecule has 3 rings (SSSR count). The molecule has 2 aliphatic rings. The normalized spacial score (nSPS) is 21.1. The van der Waals surface area contributed by atoms with Crippen LogP contribution in [0.25, 0.3) is 0 Å². The summed E-state index contributed by atoms with van der Waals surface area (Å²) in [7, 11) is 0. The molecule has 2 aliphatic heterocycles. The number of amides is 2. The van der Waals surface area contributed by atoms with Crippen molar-refractivity contribution in [3.8, 4) is 0 Å². The van der Waals surface area contributed by atoms with Gasteiger partial charge in [0.05, 0.1) is 12.7 Å². The van der Waals surface area contributed by atoms with Crippen molar-refractivity contribution in [3.05, 3.63) is 29.3 Å². The molecule has 1 N–H and O–H groups in total. The molecule has 7 heteroatoms. The number of nitrogens with one attached hydrogen (secondary N) is 1. The van der Waals surface area contributed by atoms with Gasteiger partial charge < -0.3 is 19.7 Å². The summed E-state index contributed by atoms with van der Waals surface area (Å²) in [6.45, 7) is 6.44. The Hall–Kier alpha value is -1.57. The van der Waals surface area contributed by atoms with Gasteiger partial charge in [0.2, 0.25) is 0 Å². The molecule has 2 heterocycles. The van der Waals surface area contributed by atoms with Crippen LogP contribution in [0.4, 0.5) is 5.69 Å². The van der Waals surface area contributed by atoms with Gasteiger partial charge in [-0.05, 0) is 50.5 Å². The summed E-state index contributed by atoms with van der Waals surface area (Å²) in [6.07, 6.45) is 1.58. The van der Waals surface area contributed by atoms with E-state index in [9.17, 15) is 9.59 Å². The fourth-order valence-electron chi connectivity index (χ4n) is 3.22. The molecule has 148 valence electrons. The molecule has 6 nitrogen and oxygen atoms in total. The molecule has 0 spiro atoms. The SMILES string of the molecule is Cc1cc(C(=O)N2CCSCC2)ccc1NC(=O)C(C)OCC1CCCO1. The molecular formula is C20H28N2O4S. The van der Waals surface area contributed by atoms with Crippen molar-refractivity contribution < 1.29 is 19.1 Å². The minimum atomic E-state index is -0.555. The topological polar surface area (TPSA) is 67.9 Å². The van der Waals surface area contributed by atoms with E-state index in [0.717, 1.165) is 49.6 Å². The summed E-state index contributed by atoms with van der Waals surface area (Å²) in [6, 6.07) is 5.42. The third-order valence-corrected chi connectivity index (χ3v) is 5.90. The van der Waals surface area contributed by atoms with Gasteiger partial charge >= 0.3 is 0 Å². The fraction of sp³-hybridized carbons (Fsp3) is 0.600. The van der Waals surface area contributed by atoms with E-state index in [1.165, 1.54) is 0 Å². The van der Waals surface area contributed by atoms with E-state index in [0.29, 0.717) is 17.9 Å². The third-order valence-electron chi connectivity index (χ3n) is 4.95. The van der Waals surface area contributed by atoms with Gasteiger partial charge in [-0.1, -0.05) is 0 Å². The second-order valence-electron chi connectivity index (χ2n) is 7.03. The molecule has 2 amide bonds. The lowest BCUT2D eigenvalue weighted by Gasteiger charge is -2.26. The second kappa shape index (κ2) is 9.57. The Morgan fingerprint density at radius 1 is 1.37 bits per heavy atom. The fourth-order valence-corrected chi connectivity index (χ4v) is 4.13. The van der Waals surface area contributed by atoms with Gasteiger partial charge in [0.1, 0.15) is 6.10 Å². The number of nitrogens with zero attached hydrogens (tertiary/aromatic N) is 1. The van der Waals surface area contributed by atoms with Crippen molar-refractivity contribution in [1.82, 2.24) is 4.90 Å². The highest BCUT2D eigenvalue weighted by Crippen LogP contribution is 2.20. The van der Waals surface area contributed by atoms with Crippen LogP contribution in [0.1, 0.15) is 35.7 Å². The molecule has 0 aliphatic carbocycles. The van der Waals surface area contributed by atoms with Crippen molar-refractivity contribution >= 4 is 29.3 Å². The Labute approximate surface area is 165 Å². The Bertz CT molecular complexity index is 670. The number of carbonyl (C=O) groups excluding carboxylic acids is 2. The molecule has 0 aromatic heterocycles. The molecule has 0 radical (unpaired) electrons. The third kappa shape index (κ3) is 5.46. The van der Waals surface area contributed by atoms with Crippen LogP contribution in [-0.2, 0) is 14.3 Å². The lowest BCUT2D eigenvalue weighted by Crippen LogP contribution is -2.37. The van der Waals surface area contributed by atoms with Gasteiger partial charge in [0.15, 0.2) is 0 Å². The highest BCUT2D eigenvalue weighted by atomic mass is 32.2. The van der Waals surface area contributed by atoms with Crippen molar-refractivity contribution in [2.45, 2.75) is 38.9 Å². The van der Waals surface area contributed by atoms with Gasteiger partial charge in [-0.3, -0.25) is 9.59 Å². The Morgan fingerprint density at radius 2 is 2.15 bits per heavy atom. The maximum atomic E-state index is 12.6. The molecule has 27 heavy (non-hydrogen) atoms. The number of ether oxygens (including phenoxy) is 2. The first kappa shape index (κ1) is 20.2.